The molecule has 0 atom stereocenters. The van der Waals surface area contributed by atoms with Crippen LogP contribution in [0.3, 0.4) is 0 Å². The maximum Gasteiger partial charge on any atom is 0.0792 e. The summed E-state index contributed by atoms with van der Waals surface area (Å²) in [5.74, 6) is 0. The highest BCUT2D eigenvalue weighted by molar-refractivity contribution is 6.22. The summed E-state index contributed by atoms with van der Waals surface area (Å²) in [4.78, 5) is 7.39. The third-order valence-electron chi connectivity index (χ3n) is 9.06. The van der Waals surface area contributed by atoms with E-state index in [1.165, 1.54) is 61.0 Å². The van der Waals surface area contributed by atoms with E-state index < -0.39 is 0 Å². The molecule has 3 nitrogen and oxygen atoms in total. The van der Waals surface area contributed by atoms with Crippen LogP contribution < -0.4 is 4.90 Å². The van der Waals surface area contributed by atoms with Crippen LogP contribution in [0.1, 0.15) is 5.56 Å². The van der Waals surface area contributed by atoms with Gasteiger partial charge in [-0.25, -0.2) is 0 Å². The van der Waals surface area contributed by atoms with Gasteiger partial charge < -0.3 is 9.47 Å². The number of hydrogen-bond donors (Lipinski definition) is 0. The zero-order chi connectivity index (χ0) is 29.7. The second kappa shape index (κ2) is 10.4. The zero-order valence-corrected chi connectivity index (χ0v) is 24.6. The minimum Gasteiger partial charge on any atom is -0.335 e. The quantitative estimate of drug-likeness (QED) is 0.208. The number of hydrogen-bond acceptors (Lipinski definition) is 2. The predicted octanol–water partition coefficient (Wildman–Crippen LogP) is 10.8. The van der Waals surface area contributed by atoms with Crippen LogP contribution in [0.4, 0.5) is 11.4 Å². The third-order valence-corrected chi connectivity index (χ3v) is 9.06. The summed E-state index contributed by atoms with van der Waals surface area (Å²) in [5.41, 5.74) is 14.2. The van der Waals surface area contributed by atoms with E-state index in [-0.39, 0.29) is 0 Å². The normalized spacial score (nSPS) is 12.3. The fraction of sp³-hybridized carbons (Fsp3) is 0.0238. The molecular weight excluding hydrogens is 546 g/mol. The lowest BCUT2D eigenvalue weighted by Crippen LogP contribution is -2.22. The second-order valence-electron chi connectivity index (χ2n) is 11.6. The van der Waals surface area contributed by atoms with Crippen molar-refractivity contribution in [3.05, 3.63) is 169 Å². The molecule has 212 valence electrons. The topological polar surface area (TPSA) is 21.1 Å². The Morgan fingerprint density at radius 1 is 0.511 bits per heavy atom. The van der Waals surface area contributed by atoms with Crippen LogP contribution in [0.15, 0.2) is 164 Å². The van der Waals surface area contributed by atoms with Gasteiger partial charge in [-0.1, -0.05) is 109 Å². The summed E-state index contributed by atoms with van der Waals surface area (Å²) in [6.45, 7) is 0.791. The molecule has 1 aliphatic heterocycles. The van der Waals surface area contributed by atoms with E-state index >= 15 is 0 Å². The van der Waals surface area contributed by atoms with Gasteiger partial charge in [0.2, 0.25) is 0 Å². The molecule has 0 fully saturated rings. The first-order valence-corrected chi connectivity index (χ1v) is 15.4. The zero-order valence-electron chi connectivity index (χ0n) is 24.6. The molecule has 8 aromatic rings. The number of nitrogens with zero attached hydrogens (tertiary/aromatic N) is 3. The third kappa shape index (κ3) is 4.09. The maximum atomic E-state index is 4.89. The highest BCUT2D eigenvalue weighted by atomic mass is 15.2. The smallest absolute Gasteiger partial charge is 0.0792 e. The molecule has 9 rings (SSSR count). The first-order chi connectivity index (χ1) is 22.3. The molecule has 3 heteroatoms. The number of rotatable bonds is 4. The molecule has 2 aromatic heterocycles. The molecule has 0 N–H and O–H groups in total. The molecule has 1 aliphatic rings. The van der Waals surface area contributed by atoms with Crippen LogP contribution in [0, 0.1) is 0 Å². The van der Waals surface area contributed by atoms with Crippen molar-refractivity contribution >= 4 is 33.2 Å². The largest absolute Gasteiger partial charge is 0.335 e. The van der Waals surface area contributed by atoms with Gasteiger partial charge in [0, 0.05) is 46.0 Å². The number of aromatic nitrogens is 2. The van der Waals surface area contributed by atoms with E-state index in [4.69, 9.17) is 4.98 Å². The molecule has 0 saturated heterocycles. The average Bonchev–Trinajstić information content (AvgIpc) is 3.47. The highest BCUT2D eigenvalue weighted by Gasteiger charge is 2.30. The van der Waals surface area contributed by atoms with Crippen LogP contribution in [0.25, 0.3) is 61.0 Å². The molecule has 6 aromatic carbocycles. The maximum absolute atomic E-state index is 4.89. The standard InChI is InChI=1S/C42H29N3/c1-3-13-29(14-4-1)30-22-24-33(25-23-30)45-39-21-10-9-19-35(39)40-37(38-20-11-12-26-43-38)27-36-34-18-8-7-15-31(34)28-44(41(36)42(40)45)32-16-5-2-6-17-32/h1-27H,28H2. The van der Waals surface area contributed by atoms with Crippen LogP contribution >= 0.6 is 0 Å². The Morgan fingerprint density at radius 3 is 2.00 bits per heavy atom. The van der Waals surface area contributed by atoms with Gasteiger partial charge in [0.1, 0.15) is 0 Å². The fourth-order valence-electron chi connectivity index (χ4n) is 7.05. The molecule has 0 saturated carbocycles. The van der Waals surface area contributed by atoms with Gasteiger partial charge in [-0.2, -0.15) is 0 Å². The first-order valence-electron chi connectivity index (χ1n) is 15.4. The van der Waals surface area contributed by atoms with Crippen molar-refractivity contribution in [2.24, 2.45) is 0 Å². The van der Waals surface area contributed by atoms with Gasteiger partial charge in [-0.15, -0.1) is 0 Å². The Balaban J connectivity index is 1.44. The summed E-state index contributed by atoms with van der Waals surface area (Å²) < 4.78 is 2.47. The summed E-state index contributed by atoms with van der Waals surface area (Å²) in [6, 6.07) is 56.6. The Hall–Kier alpha value is -5.93. The molecular formula is C42H29N3. The van der Waals surface area contributed by atoms with Crippen LogP contribution in [0.2, 0.25) is 0 Å². The van der Waals surface area contributed by atoms with Gasteiger partial charge in [0.15, 0.2) is 0 Å². The number of benzene rings is 6. The Bertz CT molecular complexity index is 2320. The highest BCUT2D eigenvalue weighted by Crippen LogP contribution is 2.52. The van der Waals surface area contributed by atoms with Crippen molar-refractivity contribution in [2.75, 3.05) is 4.90 Å². The van der Waals surface area contributed by atoms with Crippen molar-refractivity contribution in [3.8, 4) is 39.2 Å². The Labute approximate surface area is 262 Å². The van der Waals surface area contributed by atoms with Crippen molar-refractivity contribution in [2.45, 2.75) is 6.54 Å². The van der Waals surface area contributed by atoms with Gasteiger partial charge in [-0.05, 0) is 70.8 Å². The summed E-state index contributed by atoms with van der Waals surface area (Å²) in [5, 5.41) is 2.44. The Kier molecular flexibility index (Phi) is 5.88. The number of para-hydroxylation sites is 2. The van der Waals surface area contributed by atoms with E-state index in [2.05, 4.69) is 161 Å². The van der Waals surface area contributed by atoms with Crippen LogP contribution in [-0.2, 0) is 6.54 Å². The molecule has 45 heavy (non-hydrogen) atoms. The lowest BCUT2D eigenvalue weighted by molar-refractivity contribution is 0.961. The van der Waals surface area contributed by atoms with Crippen LogP contribution in [0.5, 0.6) is 0 Å². The molecule has 0 radical (unpaired) electrons. The summed E-state index contributed by atoms with van der Waals surface area (Å²) >= 11 is 0. The van der Waals surface area contributed by atoms with Gasteiger partial charge in [-0.3, -0.25) is 4.98 Å². The van der Waals surface area contributed by atoms with Gasteiger partial charge in [0.25, 0.3) is 0 Å². The lowest BCUT2D eigenvalue weighted by atomic mass is 9.88. The molecule has 0 bridgehead atoms. The number of pyridine rings is 1. The fourth-order valence-corrected chi connectivity index (χ4v) is 7.05. The lowest BCUT2D eigenvalue weighted by Gasteiger charge is -2.34. The minimum absolute atomic E-state index is 0.791. The minimum atomic E-state index is 0.791. The summed E-state index contributed by atoms with van der Waals surface area (Å²) in [7, 11) is 0. The molecule has 0 unspecified atom stereocenters. The average molecular weight is 576 g/mol. The van der Waals surface area contributed by atoms with Gasteiger partial charge >= 0.3 is 0 Å². The van der Waals surface area contributed by atoms with Crippen molar-refractivity contribution in [1.29, 1.82) is 0 Å². The van der Waals surface area contributed by atoms with E-state index in [0.29, 0.717) is 0 Å². The summed E-state index contributed by atoms with van der Waals surface area (Å²) in [6.07, 6.45) is 1.90. The molecule has 0 amide bonds. The van der Waals surface area contributed by atoms with Crippen LogP contribution in [-0.4, -0.2) is 9.55 Å². The SMILES string of the molecule is c1ccc(-c2ccc(-n3c4ccccc4c4c(-c5ccccn5)cc5c(c43)N(c3ccccc3)Cc3ccccc3-5)cc2)cc1. The van der Waals surface area contributed by atoms with E-state index in [1.807, 2.05) is 12.3 Å². The van der Waals surface area contributed by atoms with Gasteiger partial charge in [0.05, 0.1) is 22.4 Å². The number of fused-ring (bicyclic) bond motifs is 7. The van der Waals surface area contributed by atoms with E-state index in [9.17, 15) is 0 Å². The molecule has 0 spiro atoms. The molecule has 0 aliphatic carbocycles. The second-order valence-corrected chi connectivity index (χ2v) is 11.6. The number of anilines is 2. The monoisotopic (exact) mass is 575 g/mol. The van der Waals surface area contributed by atoms with Crippen molar-refractivity contribution in [1.82, 2.24) is 9.55 Å². The first kappa shape index (κ1) is 25.6. The Morgan fingerprint density at radius 2 is 1.20 bits per heavy atom. The van der Waals surface area contributed by atoms with Crippen molar-refractivity contribution in [3.63, 3.8) is 0 Å². The van der Waals surface area contributed by atoms with Crippen molar-refractivity contribution < 1.29 is 0 Å². The molecule has 3 heterocycles. The van der Waals surface area contributed by atoms with E-state index in [1.54, 1.807) is 0 Å². The van der Waals surface area contributed by atoms with E-state index in [0.717, 1.165) is 23.5 Å². The predicted molar refractivity (Wildman–Crippen MR) is 187 cm³/mol.